The van der Waals surface area contributed by atoms with Crippen LogP contribution in [0.4, 0.5) is 0 Å². The minimum Gasteiger partial charge on any atom is -0.361 e. The van der Waals surface area contributed by atoms with Crippen molar-refractivity contribution in [3.63, 3.8) is 0 Å². The first-order valence-electron chi connectivity index (χ1n) is 7.49. The molecule has 0 saturated carbocycles. The highest BCUT2D eigenvalue weighted by Gasteiger charge is 2.29. The second-order valence-electron chi connectivity index (χ2n) is 6.06. The highest BCUT2D eigenvalue weighted by Crippen LogP contribution is 2.19. The zero-order valence-electron chi connectivity index (χ0n) is 12.6. The third-order valence-electron chi connectivity index (χ3n) is 3.99. The summed E-state index contributed by atoms with van der Waals surface area (Å²) in [6, 6.07) is 3.26. The predicted octanol–water partition coefficient (Wildman–Crippen LogP) is 2.58. The summed E-state index contributed by atoms with van der Waals surface area (Å²) in [5.41, 5.74) is 1.06. The van der Waals surface area contributed by atoms with Crippen molar-refractivity contribution in [2.45, 2.75) is 59.2 Å². The van der Waals surface area contributed by atoms with E-state index in [0.29, 0.717) is 18.0 Å². The van der Waals surface area contributed by atoms with Gasteiger partial charge in [-0.2, -0.15) is 0 Å². The smallest absolute Gasteiger partial charge is 0.133 e. The van der Waals surface area contributed by atoms with E-state index in [0.717, 1.165) is 31.1 Å². The van der Waals surface area contributed by atoms with Gasteiger partial charge in [-0.15, -0.1) is 0 Å². The average molecular weight is 265 g/mol. The Bertz CT molecular complexity index is 388. The van der Waals surface area contributed by atoms with Crippen molar-refractivity contribution < 1.29 is 4.52 Å². The molecule has 4 heteroatoms. The van der Waals surface area contributed by atoms with Crippen LogP contribution in [0.5, 0.6) is 0 Å². The quantitative estimate of drug-likeness (QED) is 0.888. The SMILES string of the molecule is CCCC1CN(Cc2cc(C)on2)C(C(C)C)CN1. The van der Waals surface area contributed by atoms with Gasteiger partial charge in [0.05, 0.1) is 5.69 Å². The minimum atomic E-state index is 0.588. The van der Waals surface area contributed by atoms with Crippen LogP contribution in [-0.2, 0) is 6.54 Å². The molecule has 1 aliphatic rings. The van der Waals surface area contributed by atoms with E-state index in [9.17, 15) is 0 Å². The summed E-state index contributed by atoms with van der Waals surface area (Å²) in [6.07, 6.45) is 2.49. The van der Waals surface area contributed by atoms with Gasteiger partial charge in [-0.1, -0.05) is 32.3 Å². The molecule has 0 aromatic carbocycles. The van der Waals surface area contributed by atoms with Crippen molar-refractivity contribution in [1.82, 2.24) is 15.4 Å². The summed E-state index contributed by atoms with van der Waals surface area (Å²) in [6.45, 7) is 11.9. The van der Waals surface area contributed by atoms with E-state index < -0.39 is 0 Å². The Kier molecular flexibility index (Phi) is 4.99. The number of hydrogen-bond donors (Lipinski definition) is 1. The minimum absolute atomic E-state index is 0.588. The Hall–Kier alpha value is -0.870. The molecule has 1 aromatic rings. The Labute approximate surface area is 116 Å². The summed E-state index contributed by atoms with van der Waals surface area (Å²) in [5.74, 6) is 1.56. The fourth-order valence-electron chi connectivity index (χ4n) is 2.98. The Morgan fingerprint density at radius 2 is 2.32 bits per heavy atom. The first-order chi connectivity index (χ1) is 9.10. The van der Waals surface area contributed by atoms with Crippen molar-refractivity contribution in [2.75, 3.05) is 13.1 Å². The standard InChI is InChI=1S/C15H27N3O/c1-5-6-13-9-18(15(8-16-13)11(2)3)10-14-7-12(4)19-17-14/h7,11,13,15-16H,5-6,8-10H2,1-4H3. The number of rotatable bonds is 5. The van der Waals surface area contributed by atoms with E-state index in [1.54, 1.807) is 0 Å². The maximum atomic E-state index is 5.18. The summed E-state index contributed by atoms with van der Waals surface area (Å²) < 4.78 is 5.18. The molecule has 0 spiro atoms. The lowest BCUT2D eigenvalue weighted by Crippen LogP contribution is -2.57. The molecule has 0 bridgehead atoms. The molecule has 1 N–H and O–H groups in total. The zero-order valence-corrected chi connectivity index (χ0v) is 12.6. The number of aromatic nitrogens is 1. The van der Waals surface area contributed by atoms with Crippen molar-refractivity contribution in [2.24, 2.45) is 5.92 Å². The highest BCUT2D eigenvalue weighted by molar-refractivity contribution is 5.04. The number of aryl methyl sites for hydroxylation is 1. The molecule has 108 valence electrons. The summed E-state index contributed by atoms with van der Waals surface area (Å²) in [4.78, 5) is 2.57. The number of piperazine rings is 1. The average Bonchev–Trinajstić information content (AvgIpc) is 2.75. The van der Waals surface area contributed by atoms with E-state index in [2.05, 4.69) is 36.1 Å². The maximum Gasteiger partial charge on any atom is 0.133 e. The van der Waals surface area contributed by atoms with Crippen LogP contribution in [0.1, 0.15) is 45.1 Å². The molecule has 1 saturated heterocycles. The first-order valence-corrected chi connectivity index (χ1v) is 7.49. The van der Waals surface area contributed by atoms with Crippen LogP contribution in [-0.4, -0.2) is 35.2 Å². The normalized spacial score (nSPS) is 25.1. The molecule has 4 nitrogen and oxygen atoms in total. The molecular weight excluding hydrogens is 238 g/mol. The van der Waals surface area contributed by atoms with Gasteiger partial charge in [-0.25, -0.2) is 0 Å². The van der Waals surface area contributed by atoms with Crippen LogP contribution in [0.3, 0.4) is 0 Å². The third-order valence-corrected chi connectivity index (χ3v) is 3.99. The second kappa shape index (κ2) is 6.53. The third kappa shape index (κ3) is 3.80. The molecule has 1 aliphatic heterocycles. The molecule has 19 heavy (non-hydrogen) atoms. The van der Waals surface area contributed by atoms with Crippen molar-refractivity contribution in [3.8, 4) is 0 Å². The Balaban J connectivity index is 2.02. The van der Waals surface area contributed by atoms with Gasteiger partial charge < -0.3 is 9.84 Å². The molecule has 0 radical (unpaired) electrons. The summed E-state index contributed by atoms with van der Waals surface area (Å²) in [5, 5.41) is 7.82. The first kappa shape index (κ1) is 14.5. The van der Waals surface area contributed by atoms with Crippen LogP contribution in [0.25, 0.3) is 0 Å². The fourth-order valence-corrected chi connectivity index (χ4v) is 2.98. The van der Waals surface area contributed by atoms with Gasteiger partial charge in [-0.05, 0) is 19.3 Å². The molecular formula is C15H27N3O. The topological polar surface area (TPSA) is 41.3 Å². The van der Waals surface area contributed by atoms with Crippen LogP contribution >= 0.6 is 0 Å². The van der Waals surface area contributed by atoms with E-state index in [1.165, 1.54) is 12.8 Å². The van der Waals surface area contributed by atoms with Gasteiger partial charge in [0.25, 0.3) is 0 Å². The predicted molar refractivity (Wildman–Crippen MR) is 77.0 cm³/mol. The molecule has 1 aromatic heterocycles. The van der Waals surface area contributed by atoms with Crippen LogP contribution in [0.2, 0.25) is 0 Å². The fraction of sp³-hybridized carbons (Fsp3) is 0.800. The van der Waals surface area contributed by atoms with Gasteiger partial charge in [0.15, 0.2) is 0 Å². The summed E-state index contributed by atoms with van der Waals surface area (Å²) >= 11 is 0. The van der Waals surface area contributed by atoms with E-state index in [-0.39, 0.29) is 0 Å². The van der Waals surface area contributed by atoms with Gasteiger partial charge in [-0.3, -0.25) is 4.90 Å². The monoisotopic (exact) mass is 265 g/mol. The van der Waals surface area contributed by atoms with Crippen LogP contribution in [0, 0.1) is 12.8 Å². The molecule has 2 atom stereocenters. The van der Waals surface area contributed by atoms with Crippen molar-refractivity contribution >= 4 is 0 Å². The van der Waals surface area contributed by atoms with Crippen LogP contribution < -0.4 is 5.32 Å². The van der Waals surface area contributed by atoms with Crippen molar-refractivity contribution in [3.05, 3.63) is 17.5 Å². The number of hydrogen-bond acceptors (Lipinski definition) is 4. The Morgan fingerprint density at radius 3 is 2.89 bits per heavy atom. The molecule has 0 aliphatic carbocycles. The van der Waals surface area contributed by atoms with Crippen LogP contribution in [0.15, 0.2) is 10.6 Å². The molecule has 2 unspecified atom stereocenters. The molecule has 0 amide bonds. The highest BCUT2D eigenvalue weighted by atomic mass is 16.5. The number of nitrogens with zero attached hydrogens (tertiary/aromatic N) is 2. The lowest BCUT2D eigenvalue weighted by molar-refractivity contribution is 0.0862. The van der Waals surface area contributed by atoms with E-state index >= 15 is 0 Å². The molecule has 2 rings (SSSR count). The van der Waals surface area contributed by atoms with E-state index in [4.69, 9.17) is 4.52 Å². The van der Waals surface area contributed by atoms with Crippen molar-refractivity contribution in [1.29, 1.82) is 0 Å². The lowest BCUT2D eigenvalue weighted by Gasteiger charge is -2.42. The molecule has 2 heterocycles. The maximum absolute atomic E-state index is 5.18. The second-order valence-corrected chi connectivity index (χ2v) is 6.06. The van der Waals surface area contributed by atoms with E-state index in [1.807, 2.05) is 13.0 Å². The van der Waals surface area contributed by atoms with Gasteiger partial charge in [0.1, 0.15) is 5.76 Å². The zero-order chi connectivity index (χ0) is 13.8. The van der Waals surface area contributed by atoms with Gasteiger partial charge >= 0.3 is 0 Å². The largest absolute Gasteiger partial charge is 0.361 e. The number of nitrogens with one attached hydrogen (secondary N) is 1. The molecule has 1 fully saturated rings. The lowest BCUT2D eigenvalue weighted by atomic mass is 9.97. The van der Waals surface area contributed by atoms with Gasteiger partial charge in [0, 0.05) is 37.8 Å². The summed E-state index contributed by atoms with van der Waals surface area (Å²) in [7, 11) is 0. The van der Waals surface area contributed by atoms with Gasteiger partial charge in [0.2, 0.25) is 0 Å². The Morgan fingerprint density at radius 1 is 1.53 bits per heavy atom.